The van der Waals surface area contributed by atoms with E-state index in [-0.39, 0.29) is 25.1 Å². The number of nitrogens with one attached hydrogen (secondary N) is 2. The quantitative estimate of drug-likeness (QED) is 0.427. The third kappa shape index (κ3) is 6.81. The van der Waals surface area contributed by atoms with Crippen molar-refractivity contribution < 1.29 is 27.6 Å². The van der Waals surface area contributed by atoms with Crippen LogP contribution in [0.2, 0.25) is 0 Å². The number of likely N-dealkylation sites (N-methyl/N-ethyl adjacent to an activating group) is 1. The maximum absolute atomic E-state index is 13.5. The van der Waals surface area contributed by atoms with Gasteiger partial charge in [-0.05, 0) is 51.1 Å². The van der Waals surface area contributed by atoms with Gasteiger partial charge in [0.15, 0.2) is 0 Å². The number of nitriles is 1. The van der Waals surface area contributed by atoms with E-state index in [2.05, 4.69) is 15.7 Å². The Morgan fingerprint density at radius 1 is 1.13 bits per heavy atom. The molecule has 0 aliphatic heterocycles. The summed E-state index contributed by atoms with van der Waals surface area (Å²) < 4.78 is 40.8. The summed E-state index contributed by atoms with van der Waals surface area (Å²) in [4.78, 5) is 39.5. The van der Waals surface area contributed by atoms with E-state index in [0.29, 0.717) is 22.8 Å². The summed E-state index contributed by atoms with van der Waals surface area (Å²) in [7, 11) is 0. The van der Waals surface area contributed by atoms with E-state index in [1.807, 2.05) is 6.07 Å². The van der Waals surface area contributed by atoms with Crippen LogP contribution in [0.1, 0.15) is 47.4 Å². The summed E-state index contributed by atoms with van der Waals surface area (Å²) in [6, 6.07) is 13.6. The molecule has 2 aromatic carbocycles. The number of carbonyl (C=O) groups excluding carboxylic acids is 3. The fourth-order valence-corrected chi connectivity index (χ4v) is 3.90. The zero-order valence-electron chi connectivity index (χ0n) is 21.5. The van der Waals surface area contributed by atoms with E-state index in [1.165, 1.54) is 17.9 Å². The highest BCUT2D eigenvalue weighted by molar-refractivity contribution is 6.02. The van der Waals surface area contributed by atoms with Crippen LogP contribution >= 0.6 is 0 Å². The molecule has 204 valence electrons. The van der Waals surface area contributed by atoms with E-state index in [1.54, 1.807) is 48.9 Å². The molecule has 3 aromatic rings. The van der Waals surface area contributed by atoms with Gasteiger partial charge in [0.1, 0.15) is 18.3 Å². The Morgan fingerprint density at radius 2 is 1.82 bits per heavy atom. The fraction of sp³-hybridized carbons (Fsp3) is 0.296. The van der Waals surface area contributed by atoms with Crippen molar-refractivity contribution in [3.05, 3.63) is 77.0 Å². The number of carbonyl (C=O) groups is 3. The summed E-state index contributed by atoms with van der Waals surface area (Å²) in [5, 5.41) is 18.4. The normalized spacial score (nSPS) is 11.8. The minimum absolute atomic E-state index is 0.0206. The molecule has 0 aliphatic carbocycles. The maximum Gasteiger partial charge on any atom is 0.416 e. The van der Waals surface area contributed by atoms with Crippen LogP contribution in [0.25, 0.3) is 5.69 Å². The first-order valence-corrected chi connectivity index (χ1v) is 12.0. The summed E-state index contributed by atoms with van der Waals surface area (Å²) in [6.45, 7) is 5.11. The smallest absolute Gasteiger partial charge is 0.349 e. The predicted molar refractivity (Wildman–Crippen MR) is 137 cm³/mol. The number of para-hydroxylation sites is 1. The van der Waals surface area contributed by atoms with Gasteiger partial charge in [0.25, 0.3) is 5.91 Å². The SMILES string of the molecule is CCN(C(=O)C(C)NC(=O)c1cccc(C(F)(F)F)c1)c1c(C)c(CNC(=O)CC#N)nn1-c1ccccc1. The second kappa shape index (κ2) is 12.3. The molecular weight excluding hydrogens is 513 g/mol. The lowest BCUT2D eigenvalue weighted by Gasteiger charge is -2.26. The lowest BCUT2D eigenvalue weighted by Crippen LogP contribution is -2.47. The minimum Gasteiger partial charge on any atom is -0.349 e. The second-order valence-corrected chi connectivity index (χ2v) is 8.61. The molecule has 2 N–H and O–H groups in total. The molecule has 0 fully saturated rings. The van der Waals surface area contributed by atoms with Crippen molar-refractivity contribution in [2.75, 3.05) is 11.4 Å². The van der Waals surface area contributed by atoms with Crippen molar-refractivity contribution in [3.8, 4) is 11.8 Å². The topological polar surface area (TPSA) is 120 Å². The number of hydrogen-bond donors (Lipinski definition) is 2. The highest BCUT2D eigenvalue weighted by Gasteiger charge is 2.32. The molecule has 12 heteroatoms. The number of nitrogens with zero attached hydrogens (tertiary/aromatic N) is 4. The number of benzene rings is 2. The lowest BCUT2D eigenvalue weighted by molar-refractivity contribution is -0.137. The highest BCUT2D eigenvalue weighted by atomic mass is 19.4. The molecule has 9 nitrogen and oxygen atoms in total. The Morgan fingerprint density at radius 3 is 2.44 bits per heavy atom. The van der Waals surface area contributed by atoms with Crippen LogP contribution in [0, 0.1) is 18.3 Å². The molecule has 1 unspecified atom stereocenters. The van der Waals surface area contributed by atoms with Gasteiger partial charge in [-0.3, -0.25) is 19.3 Å². The number of hydrogen-bond acceptors (Lipinski definition) is 5. The largest absolute Gasteiger partial charge is 0.416 e. The van der Waals surface area contributed by atoms with Crippen molar-refractivity contribution in [2.24, 2.45) is 0 Å². The first-order valence-electron chi connectivity index (χ1n) is 12.0. The standard InChI is InChI=1S/C27H27F3N6O3/c1-4-35(26(39)18(3)33-24(38)19-9-8-10-20(15-19)27(28,29)30)25-17(2)22(16-32-23(37)13-14-31)34-36(25)21-11-6-5-7-12-21/h5-12,15,18H,4,13,16H2,1-3H3,(H,32,37)(H,33,38). The zero-order valence-corrected chi connectivity index (χ0v) is 21.5. The Balaban J connectivity index is 1.91. The van der Waals surface area contributed by atoms with Gasteiger partial charge >= 0.3 is 6.18 Å². The maximum atomic E-state index is 13.5. The molecule has 0 saturated carbocycles. The fourth-order valence-electron chi connectivity index (χ4n) is 3.90. The average molecular weight is 541 g/mol. The third-order valence-corrected chi connectivity index (χ3v) is 5.89. The van der Waals surface area contributed by atoms with E-state index in [0.717, 1.165) is 18.2 Å². The molecule has 0 radical (unpaired) electrons. The first kappa shape index (κ1) is 28.9. The molecule has 1 atom stereocenters. The highest BCUT2D eigenvalue weighted by Crippen LogP contribution is 2.30. The van der Waals surface area contributed by atoms with E-state index in [4.69, 9.17) is 5.26 Å². The number of amides is 3. The first-order chi connectivity index (χ1) is 18.5. The molecule has 0 bridgehead atoms. The number of aromatic nitrogens is 2. The van der Waals surface area contributed by atoms with Gasteiger partial charge in [0.05, 0.1) is 29.6 Å². The average Bonchev–Trinajstić information content (AvgIpc) is 3.23. The second-order valence-electron chi connectivity index (χ2n) is 8.61. The molecule has 1 aromatic heterocycles. The van der Waals surface area contributed by atoms with Crippen LogP contribution in [0.3, 0.4) is 0 Å². The third-order valence-electron chi connectivity index (χ3n) is 5.89. The molecule has 3 rings (SSSR count). The Kier molecular flexibility index (Phi) is 9.08. The Labute approximate surface area is 223 Å². The van der Waals surface area contributed by atoms with E-state index >= 15 is 0 Å². The van der Waals surface area contributed by atoms with Crippen LogP contribution < -0.4 is 15.5 Å². The monoisotopic (exact) mass is 540 g/mol. The molecule has 0 saturated heterocycles. The Bertz CT molecular complexity index is 1400. The molecule has 0 spiro atoms. The van der Waals surface area contributed by atoms with Crippen molar-refractivity contribution in [1.82, 2.24) is 20.4 Å². The van der Waals surface area contributed by atoms with Crippen molar-refractivity contribution in [1.29, 1.82) is 5.26 Å². The lowest BCUT2D eigenvalue weighted by atomic mass is 10.1. The molecule has 3 amide bonds. The number of alkyl halides is 3. The van der Waals surface area contributed by atoms with Gasteiger partial charge in [0.2, 0.25) is 11.8 Å². The van der Waals surface area contributed by atoms with Gasteiger partial charge in [0, 0.05) is 17.7 Å². The van der Waals surface area contributed by atoms with Crippen LogP contribution in [0.4, 0.5) is 19.0 Å². The van der Waals surface area contributed by atoms with Gasteiger partial charge in [-0.25, -0.2) is 4.68 Å². The molecule has 0 aliphatic rings. The van der Waals surface area contributed by atoms with Gasteiger partial charge in [-0.1, -0.05) is 24.3 Å². The number of halogens is 3. The van der Waals surface area contributed by atoms with Gasteiger partial charge in [-0.15, -0.1) is 0 Å². The summed E-state index contributed by atoms with van der Waals surface area (Å²) in [5.41, 5.74) is 0.487. The van der Waals surface area contributed by atoms with Crippen LogP contribution in [0.15, 0.2) is 54.6 Å². The predicted octanol–water partition coefficient (Wildman–Crippen LogP) is 3.90. The van der Waals surface area contributed by atoms with Crippen molar-refractivity contribution >= 4 is 23.5 Å². The van der Waals surface area contributed by atoms with Crippen molar-refractivity contribution in [2.45, 2.75) is 46.0 Å². The van der Waals surface area contributed by atoms with Crippen LogP contribution in [0.5, 0.6) is 0 Å². The molecule has 1 heterocycles. The van der Waals surface area contributed by atoms with E-state index in [9.17, 15) is 27.6 Å². The van der Waals surface area contributed by atoms with E-state index < -0.39 is 35.5 Å². The summed E-state index contributed by atoms with van der Waals surface area (Å²) >= 11 is 0. The van der Waals surface area contributed by atoms with Gasteiger partial charge in [-0.2, -0.15) is 23.5 Å². The van der Waals surface area contributed by atoms with Crippen LogP contribution in [-0.4, -0.2) is 40.1 Å². The van der Waals surface area contributed by atoms with Crippen LogP contribution in [-0.2, 0) is 22.3 Å². The van der Waals surface area contributed by atoms with Gasteiger partial charge < -0.3 is 10.6 Å². The summed E-state index contributed by atoms with van der Waals surface area (Å²) in [6.07, 6.45) is -4.93. The molecular formula is C27H27F3N6O3. The number of rotatable bonds is 9. The number of anilines is 1. The zero-order chi connectivity index (χ0) is 28.7. The molecule has 39 heavy (non-hydrogen) atoms. The van der Waals surface area contributed by atoms with Crippen molar-refractivity contribution in [3.63, 3.8) is 0 Å². The summed E-state index contributed by atoms with van der Waals surface area (Å²) in [5.74, 6) is -1.41. The minimum atomic E-state index is -4.62. The Hall–Kier alpha value is -4.66.